The maximum absolute atomic E-state index is 13.2. The standard InChI is InChI=1S/C14H11BrClFO2/c1-19-13-7-9(16)3-4-10(13)14(18)8-2-5-12(17)11(15)6-8/h2-7,14,18H,1H3. The van der Waals surface area contributed by atoms with E-state index in [-0.39, 0.29) is 5.82 Å². The number of hydrogen-bond donors (Lipinski definition) is 1. The normalized spacial score (nSPS) is 12.3. The summed E-state index contributed by atoms with van der Waals surface area (Å²) >= 11 is 8.97. The van der Waals surface area contributed by atoms with Crippen LogP contribution in [-0.2, 0) is 0 Å². The number of hydrogen-bond acceptors (Lipinski definition) is 2. The molecule has 2 aromatic carbocycles. The first-order valence-electron chi connectivity index (χ1n) is 5.49. The molecule has 0 radical (unpaired) electrons. The summed E-state index contributed by atoms with van der Waals surface area (Å²) in [4.78, 5) is 0. The van der Waals surface area contributed by atoms with Gasteiger partial charge in [-0.1, -0.05) is 23.7 Å². The van der Waals surface area contributed by atoms with Crippen molar-refractivity contribution in [2.75, 3.05) is 7.11 Å². The van der Waals surface area contributed by atoms with Gasteiger partial charge in [0, 0.05) is 10.6 Å². The molecule has 0 saturated heterocycles. The van der Waals surface area contributed by atoms with Crippen LogP contribution in [0, 0.1) is 5.82 Å². The summed E-state index contributed by atoms with van der Waals surface area (Å²) < 4.78 is 18.7. The van der Waals surface area contributed by atoms with Gasteiger partial charge >= 0.3 is 0 Å². The van der Waals surface area contributed by atoms with E-state index >= 15 is 0 Å². The Morgan fingerprint density at radius 3 is 2.63 bits per heavy atom. The Bertz CT molecular complexity index is 604. The number of aliphatic hydroxyl groups excluding tert-OH is 1. The van der Waals surface area contributed by atoms with Gasteiger partial charge in [-0.25, -0.2) is 4.39 Å². The van der Waals surface area contributed by atoms with E-state index in [0.29, 0.717) is 26.4 Å². The van der Waals surface area contributed by atoms with Crippen LogP contribution in [0.1, 0.15) is 17.2 Å². The van der Waals surface area contributed by atoms with Gasteiger partial charge in [-0.15, -0.1) is 0 Å². The molecular formula is C14H11BrClFO2. The Balaban J connectivity index is 2.43. The molecule has 0 bridgehead atoms. The molecule has 2 rings (SSSR count). The number of methoxy groups -OCH3 is 1. The van der Waals surface area contributed by atoms with Crippen molar-refractivity contribution in [3.8, 4) is 5.75 Å². The summed E-state index contributed by atoms with van der Waals surface area (Å²) in [5, 5.41) is 10.9. The van der Waals surface area contributed by atoms with E-state index in [9.17, 15) is 9.50 Å². The Morgan fingerprint density at radius 1 is 1.26 bits per heavy atom. The summed E-state index contributed by atoms with van der Waals surface area (Å²) in [5.74, 6) is 0.111. The highest BCUT2D eigenvalue weighted by molar-refractivity contribution is 9.10. The quantitative estimate of drug-likeness (QED) is 0.897. The highest BCUT2D eigenvalue weighted by atomic mass is 79.9. The number of rotatable bonds is 3. The van der Waals surface area contributed by atoms with E-state index in [1.165, 1.54) is 25.3 Å². The second-order valence-electron chi connectivity index (χ2n) is 3.96. The number of aliphatic hydroxyl groups is 1. The molecule has 0 spiro atoms. The third-order valence-corrected chi connectivity index (χ3v) is 3.59. The molecule has 0 aliphatic rings. The van der Waals surface area contributed by atoms with Gasteiger partial charge in [-0.2, -0.15) is 0 Å². The molecule has 0 aliphatic carbocycles. The fraction of sp³-hybridized carbons (Fsp3) is 0.143. The van der Waals surface area contributed by atoms with Crippen molar-refractivity contribution in [1.29, 1.82) is 0 Å². The molecule has 1 atom stereocenters. The minimum Gasteiger partial charge on any atom is -0.496 e. The number of benzene rings is 2. The molecule has 0 fully saturated rings. The van der Waals surface area contributed by atoms with Crippen LogP contribution in [-0.4, -0.2) is 12.2 Å². The van der Waals surface area contributed by atoms with E-state index in [1.54, 1.807) is 18.2 Å². The molecule has 0 aliphatic heterocycles. The van der Waals surface area contributed by atoms with Gasteiger partial charge in [0.15, 0.2) is 0 Å². The Kier molecular flexibility index (Phi) is 4.45. The van der Waals surface area contributed by atoms with Crippen molar-refractivity contribution in [3.05, 3.63) is 62.8 Å². The van der Waals surface area contributed by atoms with Gasteiger partial charge in [0.25, 0.3) is 0 Å². The van der Waals surface area contributed by atoms with Gasteiger partial charge in [0.2, 0.25) is 0 Å². The summed E-state index contributed by atoms with van der Waals surface area (Å²) in [6.45, 7) is 0. The van der Waals surface area contributed by atoms with E-state index in [1.807, 2.05) is 0 Å². The minimum absolute atomic E-state index is 0.303. The molecule has 1 N–H and O–H groups in total. The SMILES string of the molecule is COc1cc(Cl)ccc1C(O)c1ccc(F)c(Br)c1. The molecule has 0 aromatic heterocycles. The lowest BCUT2D eigenvalue weighted by molar-refractivity contribution is 0.214. The molecule has 2 nitrogen and oxygen atoms in total. The number of halogens is 3. The second kappa shape index (κ2) is 5.90. The minimum atomic E-state index is -0.913. The van der Waals surface area contributed by atoms with Crippen molar-refractivity contribution in [1.82, 2.24) is 0 Å². The zero-order chi connectivity index (χ0) is 14.0. The van der Waals surface area contributed by atoms with Crippen molar-refractivity contribution in [2.45, 2.75) is 6.10 Å². The van der Waals surface area contributed by atoms with Gasteiger partial charge < -0.3 is 9.84 Å². The zero-order valence-corrected chi connectivity index (χ0v) is 12.4. The predicted octanol–water partition coefficient (Wildman–Crippen LogP) is 4.33. The highest BCUT2D eigenvalue weighted by Gasteiger charge is 2.16. The Morgan fingerprint density at radius 2 is 2.00 bits per heavy atom. The number of ether oxygens (including phenoxy) is 1. The molecule has 1 unspecified atom stereocenters. The van der Waals surface area contributed by atoms with Crippen LogP contribution in [0.25, 0.3) is 0 Å². The summed E-state index contributed by atoms with van der Waals surface area (Å²) in [5.41, 5.74) is 1.14. The highest BCUT2D eigenvalue weighted by Crippen LogP contribution is 2.33. The lowest BCUT2D eigenvalue weighted by Gasteiger charge is -2.16. The molecular weight excluding hydrogens is 335 g/mol. The van der Waals surface area contributed by atoms with Crippen LogP contribution in [0.2, 0.25) is 5.02 Å². The van der Waals surface area contributed by atoms with Gasteiger partial charge in [0.1, 0.15) is 17.7 Å². The second-order valence-corrected chi connectivity index (χ2v) is 5.25. The summed E-state index contributed by atoms with van der Waals surface area (Å²) in [6.07, 6.45) is -0.913. The van der Waals surface area contributed by atoms with E-state index < -0.39 is 6.10 Å². The van der Waals surface area contributed by atoms with Crippen molar-refractivity contribution in [3.63, 3.8) is 0 Å². The van der Waals surface area contributed by atoms with Crippen LogP contribution >= 0.6 is 27.5 Å². The first-order valence-corrected chi connectivity index (χ1v) is 6.66. The predicted molar refractivity (Wildman–Crippen MR) is 76.2 cm³/mol. The van der Waals surface area contributed by atoms with Crippen molar-refractivity contribution >= 4 is 27.5 Å². The third-order valence-electron chi connectivity index (χ3n) is 2.75. The topological polar surface area (TPSA) is 29.5 Å². The van der Waals surface area contributed by atoms with Crippen LogP contribution in [0.15, 0.2) is 40.9 Å². The van der Waals surface area contributed by atoms with Crippen LogP contribution in [0.5, 0.6) is 5.75 Å². The first kappa shape index (κ1) is 14.3. The van der Waals surface area contributed by atoms with E-state index in [2.05, 4.69) is 15.9 Å². The molecule has 5 heteroatoms. The van der Waals surface area contributed by atoms with Crippen molar-refractivity contribution < 1.29 is 14.2 Å². The lowest BCUT2D eigenvalue weighted by atomic mass is 10.0. The molecule has 19 heavy (non-hydrogen) atoms. The zero-order valence-electron chi connectivity index (χ0n) is 10.0. The molecule has 100 valence electrons. The smallest absolute Gasteiger partial charge is 0.137 e. The van der Waals surface area contributed by atoms with E-state index in [0.717, 1.165) is 0 Å². The van der Waals surface area contributed by atoms with Crippen molar-refractivity contribution in [2.24, 2.45) is 0 Å². The fourth-order valence-electron chi connectivity index (χ4n) is 1.77. The van der Waals surface area contributed by atoms with Crippen LogP contribution in [0.3, 0.4) is 0 Å². The molecule has 0 saturated carbocycles. The van der Waals surface area contributed by atoms with Gasteiger partial charge in [0.05, 0.1) is 11.6 Å². The maximum Gasteiger partial charge on any atom is 0.137 e. The van der Waals surface area contributed by atoms with Gasteiger partial charge in [-0.05, 0) is 45.8 Å². The summed E-state index contributed by atoms with van der Waals surface area (Å²) in [6, 6.07) is 9.33. The fourth-order valence-corrected chi connectivity index (χ4v) is 2.33. The van der Waals surface area contributed by atoms with Crippen LogP contribution in [0.4, 0.5) is 4.39 Å². The van der Waals surface area contributed by atoms with Gasteiger partial charge in [-0.3, -0.25) is 0 Å². The van der Waals surface area contributed by atoms with E-state index in [4.69, 9.17) is 16.3 Å². The first-order chi connectivity index (χ1) is 9.02. The molecule has 0 heterocycles. The Labute approximate surface area is 123 Å². The lowest BCUT2D eigenvalue weighted by Crippen LogP contribution is -2.02. The maximum atomic E-state index is 13.2. The molecule has 2 aromatic rings. The van der Waals surface area contributed by atoms with Crippen LogP contribution < -0.4 is 4.74 Å². The average molecular weight is 346 g/mol. The molecule has 0 amide bonds. The summed E-state index contributed by atoms with van der Waals surface area (Å²) in [7, 11) is 1.50. The largest absolute Gasteiger partial charge is 0.496 e. The Hall–Kier alpha value is -1.10. The average Bonchev–Trinajstić information content (AvgIpc) is 2.41. The third kappa shape index (κ3) is 3.08. The monoisotopic (exact) mass is 344 g/mol.